The van der Waals surface area contributed by atoms with Gasteiger partial charge in [0.15, 0.2) is 0 Å². The monoisotopic (exact) mass is 302 g/mol. The minimum atomic E-state index is -0.295. The van der Waals surface area contributed by atoms with Gasteiger partial charge in [-0.3, -0.25) is 9.69 Å². The van der Waals surface area contributed by atoms with Gasteiger partial charge in [0, 0.05) is 38.4 Å². The van der Waals surface area contributed by atoms with Crippen molar-refractivity contribution in [3.63, 3.8) is 0 Å². The number of hydrogen-bond donors (Lipinski definition) is 0. The van der Waals surface area contributed by atoms with E-state index < -0.39 is 0 Å². The Bertz CT molecular complexity index is 507. The third-order valence-corrected chi connectivity index (χ3v) is 4.83. The summed E-state index contributed by atoms with van der Waals surface area (Å²) < 4.78 is 5.48. The van der Waals surface area contributed by atoms with E-state index in [1.807, 2.05) is 13.8 Å². The van der Waals surface area contributed by atoms with Crippen LogP contribution in [0.5, 0.6) is 0 Å². The molecule has 120 valence electrons. The summed E-state index contributed by atoms with van der Waals surface area (Å²) in [7, 11) is 0. The standard InChI is InChI=1S/C18H26N2O2/c1-18(2)14-16(22-17(18)21)8-9-19-10-12-20(13-11-19)15-6-4-3-5-7-15/h3-7,16H,8-14H2,1-2H3/t16-/m0/s1. The number of carbonyl (C=O) groups excluding carboxylic acids is 1. The Kier molecular flexibility index (Phi) is 4.39. The Morgan fingerprint density at radius 1 is 1.14 bits per heavy atom. The summed E-state index contributed by atoms with van der Waals surface area (Å²) in [4.78, 5) is 16.6. The van der Waals surface area contributed by atoms with Crippen LogP contribution in [0.1, 0.15) is 26.7 Å². The molecule has 1 aromatic rings. The second kappa shape index (κ2) is 6.29. The molecule has 2 heterocycles. The average molecular weight is 302 g/mol. The van der Waals surface area contributed by atoms with Crippen molar-refractivity contribution >= 4 is 11.7 Å². The normalized spacial score (nSPS) is 25.3. The smallest absolute Gasteiger partial charge is 0.311 e. The van der Waals surface area contributed by atoms with Crippen LogP contribution in [0.15, 0.2) is 30.3 Å². The molecule has 0 aromatic heterocycles. The Morgan fingerprint density at radius 3 is 2.41 bits per heavy atom. The zero-order valence-electron chi connectivity index (χ0n) is 13.6. The summed E-state index contributed by atoms with van der Waals surface area (Å²) in [6.45, 7) is 9.29. The minimum Gasteiger partial charge on any atom is -0.462 e. The van der Waals surface area contributed by atoms with Crippen molar-refractivity contribution in [2.24, 2.45) is 5.41 Å². The van der Waals surface area contributed by atoms with Gasteiger partial charge in [-0.15, -0.1) is 0 Å². The largest absolute Gasteiger partial charge is 0.462 e. The van der Waals surface area contributed by atoms with Crippen LogP contribution in [0.2, 0.25) is 0 Å². The van der Waals surface area contributed by atoms with Crippen LogP contribution in [-0.4, -0.2) is 49.7 Å². The maximum absolute atomic E-state index is 11.7. The first-order valence-electron chi connectivity index (χ1n) is 8.28. The first-order valence-corrected chi connectivity index (χ1v) is 8.28. The zero-order valence-corrected chi connectivity index (χ0v) is 13.6. The Hall–Kier alpha value is -1.55. The predicted molar refractivity (Wildman–Crippen MR) is 88.0 cm³/mol. The summed E-state index contributed by atoms with van der Waals surface area (Å²) in [5, 5.41) is 0. The van der Waals surface area contributed by atoms with Crippen molar-refractivity contribution in [2.45, 2.75) is 32.8 Å². The van der Waals surface area contributed by atoms with E-state index in [9.17, 15) is 4.79 Å². The molecule has 2 fully saturated rings. The molecule has 0 saturated carbocycles. The lowest BCUT2D eigenvalue weighted by Crippen LogP contribution is -2.47. The number of cyclic esters (lactones) is 1. The highest BCUT2D eigenvalue weighted by Gasteiger charge is 2.41. The highest BCUT2D eigenvalue weighted by molar-refractivity contribution is 5.78. The van der Waals surface area contributed by atoms with E-state index in [0.29, 0.717) is 0 Å². The van der Waals surface area contributed by atoms with Crippen LogP contribution in [-0.2, 0) is 9.53 Å². The van der Waals surface area contributed by atoms with Gasteiger partial charge < -0.3 is 9.64 Å². The van der Waals surface area contributed by atoms with Crippen molar-refractivity contribution in [1.29, 1.82) is 0 Å². The van der Waals surface area contributed by atoms with Crippen molar-refractivity contribution in [3.05, 3.63) is 30.3 Å². The molecule has 0 radical (unpaired) electrons. The lowest BCUT2D eigenvalue weighted by molar-refractivity contribution is -0.147. The highest BCUT2D eigenvalue weighted by Crippen LogP contribution is 2.34. The fraction of sp³-hybridized carbons (Fsp3) is 0.611. The first-order chi connectivity index (χ1) is 10.5. The van der Waals surface area contributed by atoms with Gasteiger partial charge in [0.25, 0.3) is 0 Å². The summed E-state index contributed by atoms with van der Waals surface area (Å²) in [6.07, 6.45) is 1.92. The molecule has 2 aliphatic rings. The van der Waals surface area contributed by atoms with Gasteiger partial charge >= 0.3 is 5.97 Å². The number of piperazine rings is 1. The molecule has 1 aromatic carbocycles. The van der Waals surface area contributed by atoms with Crippen molar-refractivity contribution in [1.82, 2.24) is 4.90 Å². The van der Waals surface area contributed by atoms with E-state index in [1.54, 1.807) is 0 Å². The fourth-order valence-corrected chi connectivity index (χ4v) is 3.36. The number of hydrogen-bond acceptors (Lipinski definition) is 4. The molecule has 0 amide bonds. The van der Waals surface area contributed by atoms with Gasteiger partial charge in [0.05, 0.1) is 5.41 Å². The first kappa shape index (κ1) is 15.3. The number of nitrogens with zero attached hydrogens (tertiary/aromatic N) is 2. The van der Waals surface area contributed by atoms with Gasteiger partial charge in [0.1, 0.15) is 6.10 Å². The van der Waals surface area contributed by atoms with E-state index in [2.05, 4.69) is 40.1 Å². The maximum Gasteiger partial charge on any atom is 0.311 e. The Balaban J connectivity index is 1.42. The summed E-state index contributed by atoms with van der Waals surface area (Å²) in [6, 6.07) is 10.6. The average Bonchev–Trinajstić information content (AvgIpc) is 2.79. The van der Waals surface area contributed by atoms with Gasteiger partial charge in [-0.25, -0.2) is 0 Å². The third-order valence-electron chi connectivity index (χ3n) is 4.83. The number of esters is 1. The maximum atomic E-state index is 11.7. The molecule has 2 aliphatic heterocycles. The highest BCUT2D eigenvalue weighted by atomic mass is 16.6. The second-order valence-electron chi connectivity index (χ2n) is 7.07. The Morgan fingerprint density at radius 2 is 1.82 bits per heavy atom. The molecule has 0 aliphatic carbocycles. The van der Waals surface area contributed by atoms with E-state index in [0.717, 1.165) is 45.6 Å². The van der Waals surface area contributed by atoms with Crippen molar-refractivity contribution in [3.8, 4) is 0 Å². The molecule has 0 bridgehead atoms. The molecule has 3 rings (SSSR count). The fourth-order valence-electron chi connectivity index (χ4n) is 3.36. The van der Waals surface area contributed by atoms with Gasteiger partial charge in [-0.05, 0) is 38.8 Å². The van der Waals surface area contributed by atoms with E-state index in [1.165, 1.54) is 5.69 Å². The molecular weight excluding hydrogens is 276 g/mol. The number of rotatable bonds is 4. The molecule has 4 nitrogen and oxygen atoms in total. The minimum absolute atomic E-state index is 0.0357. The molecule has 1 atom stereocenters. The third kappa shape index (κ3) is 3.43. The molecule has 0 spiro atoms. The van der Waals surface area contributed by atoms with Gasteiger partial charge in [0.2, 0.25) is 0 Å². The van der Waals surface area contributed by atoms with Crippen molar-refractivity contribution in [2.75, 3.05) is 37.6 Å². The predicted octanol–water partition coefficient (Wildman–Crippen LogP) is 2.54. The SMILES string of the molecule is CC1(C)C[C@H](CCN2CCN(c3ccccc3)CC2)OC1=O. The van der Waals surface area contributed by atoms with E-state index >= 15 is 0 Å². The lowest BCUT2D eigenvalue weighted by atomic mass is 9.89. The van der Waals surface area contributed by atoms with E-state index in [-0.39, 0.29) is 17.5 Å². The van der Waals surface area contributed by atoms with Crippen molar-refractivity contribution < 1.29 is 9.53 Å². The molecule has 2 saturated heterocycles. The summed E-state index contributed by atoms with van der Waals surface area (Å²) in [5.41, 5.74) is 1.02. The Labute approximate surface area is 133 Å². The van der Waals surface area contributed by atoms with Gasteiger partial charge in [-0.2, -0.15) is 0 Å². The lowest BCUT2D eigenvalue weighted by Gasteiger charge is -2.36. The number of para-hydroxylation sites is 1. The molecule has 4 heteroatoms. The molecular formula is C18H26N2O2. The van der Waals surface area contributed by atoms with Crippen LogP contribution >= 0.6 is 0 Å². The number of benzene rings is 1. The van der Waals surface area contributed by atoms with Crippen LogP contribution in [0, 0.1) is 5.41 Å². The molecule has 22 heavy (non-hydrogen) atoms. The number of ether oxygens (including phenoxy) is 1. The molecule has 0 N–H and O–H groups in total. The topological polar surface area (TPSA) is 32.8 Å². The van der Waals surface area contributed by atoms with Crippen LogP contribution < -0.4 is 4.90 Å². The summed E-state index contributed by atoms with van der Waals surface area (Å²) in [5.74, 6) is -0.0357. The van der Waals surface area contributed by atoms with Crippen LogP contribution in [0.25, 0.3) is 0 Å². The number of carbonyl (C=O) groups is 1. The molecule has 0 unspecified atom stereocenters. The van der Waals surface area contributed by atoms with Crippen LogP contribution in [0.4, 0.5) is 5.69 Å². The van der Waals surface area contributed by atoms with Crippen LogP contribution in [0.3, 0.4) is 0 Å². The second-order valence-corrected chi connectivity index (χ2v) is 7.07. The zero-order chi connectivity index (χ0) is 15.6. The number of anilines is 1. The quantitative estimate of drug-likeness (QED) is 0.800. The summed E-state index contributed by atoms with van der Waals surface area (Å²) >= 11 is 0. The van der Waals surface area contributed by atoms with Gasteiger partial charge in [-0.1, -0.05) is 18.2 Å². The van der Waals surface area contributed by atoms with E-state index in [4.69, 9.17) is 4.74 Å².